The van der Waals surface area contributed by atoms with Crippen LogP contribution < -0.4 is 15.1 Å². The van der Waals surface area contributed by atoms with E-state index in [1.165, 1.54) is 0 Å². The average Bonchev–Trinajstić information content (AvgIpc) is 2.98. The van der Waals surface area contributed by atoms with Gasteiger partial charge in [0.2, 0.25) is 17.8 Å². The minimum absolute atomic E-state index is 0.265. The van der Waals surface area contributed by atoms with Crippen LogP contribution in [0.15, 0.2) is 0 Å². The number of ether oxygens (including phenoxy) is 1. The lowest BCUT2D eigenvalue weighted by Crippen LogP contribution is -2.29. The summed E-state index contributed by atoms with van der Waals surface area (Å²) >= 11 is 0. The van der Waals surface area contributed by atoms with Crippen LogP contribution in [0.5, 0.6) is 0 Å². The Morgan fingerprint density at radius 2 is 2.00 bits per heavy atom. The maximum absolute atomic E-state index is 5.42. The molecule has 1 aromatic heterocycles. The van der Waals surface area contributed by atoms with Crippen LogP contribution in [0.3, 0.4) is 0 Å². The summed E-state index contributed by atoms with van der Waals surface area (Å²) in [4.78, 5) is 18.0. The number of hydrogen-bond donors (Lipinski definition) is 1. The van der Waals surface area contributed by atoms with E-state index in [0.717, 1.165) is 51.0 Å². The zero-order valence-electron chi connectivity index (χ0n) is 13.5. The summed E-state index contributed by atoms with van der Waals surface area (Å²) in [5.41, 5.74) is 0. The van der Waals surface area contributed by atoms with E-state index in [0.29, 0.717) is 5.95 Å². The van der Waals surface area contributed by atoms with E-state index >= 15 is 0 Å². The van der Waals surface area contributed by atoms with E-state index in [-0.39, 0.29) is 6.10 Å². The number of aromatic nitrogens is 3. The fraction of sp³-hybridized carbons (Fsp3) is 0.786. The summed E-state index contributed by atoms with van der Waals surface area (Å²) in [6.45, 7) is 10.6. The number of anilines is 3. The van der Waals surface area contributed by atoms with Gasteiger partial charge in [-0.05, 0) is 27.2 Å². The first-order valence-electron chi connectivity index (χ1n) is 7.74. The van der Waals surface area contributed by atoms with Crippen LogP contribution in [0, 0.1) is 0 Å². The molecule has 1 aromatic rings. The molecule has 0 aliphatic carbocycles. The summed E-state index contributed by atoms with van der Waals surface area (Å²) in [6.07, 6.45) is 1.28. The number of methoxy groups -OCH3 is 1. The van der Waals surface area contributed by atoms with Crippen LogP contribution in [0.25, 0.3) is 0 Å². The summed E-state index contributed by atoms with van der Waals surface area (Å²) in [5, 5.41) is 3.19. The first kappa shape index (κ1) is 15.8. The number of rotatable bonds is 7. The fourth-order valence-electron chi connectivity index (χ4n) is 2.48. The molecule has 0 saturated carbocycles. The van der Waals surface area contributed by atoms with Gasteiger partial charge in [-0.3, -0.25) is 0 Å². The molecule has 1 fully saturated rings. The minimum Gasteiger partial charge on any atom is -0.380 e. The van der Waals surface area contributed by atoms with Gasteiger partial charge in [-0.2, -0.15) is 15.0 Å². The van der Waals surface area contributed by atoms with Gasteiger partial charge in [-0.25, -0.2) is 0 Å². The highest BCUT2D eigenvalue weighted by Gasteiger charge is 2.25. The molecule has 0 amide bonds. The third-order valence-electron chi connectivity index (χ3n) is 3.75. The molecule has 2 rings (SSSR count). The van der Waals surface area contributed by atoms with Crippen molar-refractivity contribution < 1.29 is 4.74 Å². The van der Waals surface area contributed by atoms with Gasteiger partial charge in [-0.1, -0.05) is 0 Å². The van der Waals surface area contributed by atoms with Crippen molar-refractivity contribution in [2.24, 2.45) is 0 Å². The molecule has 7 nitrogen and oxygen atoms in total. The first-order valence-corrected chi connectivity index (χ1v) is 7.74. The van der Waals surface area contributed by atoms with Gasteiger partial charge < -0.3 is 19.9 Å². The maximum atomic E-state index is 5.42. The van der Waals surface area contributed by atoms with Gasteiger partial charge >= 0.3 is 0 Å². The lowest BCUT2D eigenvalue weighted by molar-refractivity contribution is 0.121. The molecule has 21 heavy (non-hydrogen) atoms. The predicted molar refractivity (Wildman–Crippen MR) is 85.2 cm³/mol. The van der Waals surface area contributed by atoms with E-state index in [2.05, 4.69) is 43.9 Å². The molecule has 0 bridgehead atoms. The third kappa shape index (κ3) is 3.72. The molecule has 0 spiro atoms. The lowest BCUT2D eigenvalue weighted by Gasteiger charge is -2.22. The molecule has 1 aliphatic rings. The second kappa shape index (κ2) is 7.40. The SMILES string of the molecule is CCNc1nc(N(CC)CC)nc(N2CCC(OC)C2)n1. The van der Waals surface area contributed by atoms with Crippen LogP contribution in [-0.2, 0) is 4.74 Å². The fourth-order valence-corrected chi connectivity index (χ4v) is 2.48. The van der Waals surface area contributed by atoms with Crippen molar-refractivity contribution in [3.05, 3.63) is 0 Å². The van der Waals surface area contributed by atoms with Crippen LogP contribution in [0.4, 0.5) is 17.8 Å². The van der Waals surface area contributed by atoms with Gasteiger partial charge in [0, 0.05) is 39.8 Å². The smallest absolute Gasteiger partial charge is 0.232 e. The molecule has 0 aromatic carbocycles. The van der Waals surface area contributed by atoms with Gasteiger partial charge in [0.25, 0.3) is 0 Å². The van der Waals surface area contributed by atoms with Gasteiger partial charge in [-0.15, -0.1) is 0 Å². The van der Waals surface area contributed by atoms with E-state index in [1.807, 2.05) is 6.92 Å². The Labute approximate surface area is 126 Å². The highest BCUT2D eigenvalue weighted by molar-refractivity contribution is 5.45. The summed E-state index contributed by atoms with van der Waals surface area (Å²) < 4.78 is 5.42. The Bertz CT molecular complexity index is 451. The largest absolute Gasteiger partial charge is 0.380 e. The summed E-state index contributed by atoms with van der Waals surface area (Å²) in [5.74, 6) is 2.12. The number of nitrogens with one attached hydrogen (secondary N) is 1. The van der Waals surface area contributed by atoms with Crippen LogP contribution >= 0.6 is 0 Å². The Kier molecular flexibility index (Phi) is 5.55. The van der Waals surface area contributed by atoms with Crippen molar-refractivity contribution in [3.63, 3.8) is 0 Å². The van der Waals surface area contributed by atoms with Gasteiger partial charge in [0.05, 0.1) is 6.10 Å². The third-order valence-corrected chi connectivity index (χ3v) is 3.75. The van der Waals surface area contributed by atoms with Gasteiger partial charge in [0.15, 0.2) is 0 Å². The van der Waals surface area contributed by atoms with Crippen molar-refractivity contribution in [2.45, 2.75) is 33.3 Å². The molecule has 1 N–H and O–H groups in total. The summed E-state index contributed by atoms with van der Waals surface area (Å²) in [7, 11) is 1.76. The lowest BCUT2D eigenvalue weighted by atomic mass is 10.3. The Morgan fingerprint density at radius 1 is 1.24 bits per heavy atom. The topological polar surface area (TPSA) is 66.4 Å². The first-order chi connectivity index (χ1) is 10.2. The zero-order valence-corrected chi connectivity index (χ0v) is 13.5. The van der Waals surface area contributed by atoms with Crippen molar-refractivity contribution >= 4 is 17.8 Å². The van der Waals surface area contributed by atoms with Crippen molar-refractivity contribution in [3.8, 4) is 0 Å². The maximum Gasteiger partial charge on any atom is 0.232 e. The molecular weight excluding hydrogens is 268 g/mol. The monoisotopic (exact) mass is 294 g/mol. The van der Waals surface area contributed by atoms with Crippen molar-refractivity contribution in [2.75, 3.05) is 55.0 Å². The summed E-state index contributed by atoms with van der Waals surface area (Å²) in [6, 6.07) is 0. The highest BCUT2D eigenvalue weighted by Crippen LogP contribution is 2.21. The van der Waals surface area contributed by atoms with Crippen LogP contribution in [0.2, 0.25) is 0 Å². The van der Waals surface area contributed by atoms with Gasteiger partial charge in [0.1, 0.15) is 0 Å². The molecule has 1 saturated heterocycles. The second-order valence-corrected chi connectivity index (χ2v) is 5.05. The van der Waals surface area contributed by atoms with Crippen LogP contribution in [-0.4, -0.2) is 60.9 Å². The molecule has 118 valence electrons. The van der Waals surface area contributed by atoms with Crippen LogP contribution in [0.1, 0.15) is 27.2 Å². The molecule has 2 heterocycles. The average molecular weight is 294 g/mol. The number of nitrogens with zero attached hydrogens (tertiary/aromatic N) is 5. The quantitative estimate of drug-likeness (QED) is 0.814. The molecule has 1 atom stereocenters. The van der Waals surface area contributed by atoms with E-state index < -0.39 is 0 Å². The Hall–Kier alpha value is -1.63. The van der Waals surface area contributed by atoms with E-state index in [4.69, 9.17) is 4.74 Å². The van der Waals surface area contributed by atoms with Crippen molar-refractivity contribution in [1.29, 1.82) is 0 Å². The normalized spacial score (nSPS) is 18.1. The minimum atomic E-state index is 0.265. The molecule has 1 unspecified atom stereocenters. The van der Waals surface area contributed by atoms with E-state index in [9.17, 15) is 0 Å². The molecular formula is C14H26N6O. The predicted octanol–water partition coefficient (Wildman–Crippen LogP) is 1.37. The van der Waals surface area contributed by atoms with Crippen molar-refractivity contribution in [1.82, 2.24) is 15.0 Å². The Balaban J connectivity index is 2.27. The molecule has 7 heteroatoms. The standard InChI is InChI=1S/C14H26N6O/c1-5-15-12-16-13(19(6-2)7-3)18-14(17-12)20-9-8-11(10-20)21-4/h11H,5-10H2,1-4H3,(H,15,16,17,18). The highest BCUT2D eigenvalue weighted by atomic mass is 16.5. The molecule has 0 radical (unpaired) electrons. The van der Waals surface area contributed by atoms with E-state index in [1.54, 1.807) is 7.11 Å². The Morgan fingerprint density at radius 3 is 2.57 bits per heavy atom. The second-order valence-electron chi connectivity index (χ2n) is 5.05. The zero-order chi connectivity index (χ0) is 15.2. The molecule has 1 aliphatic heterocycles. The number of hydrogen-bond acceptors (Lipinski definition) is 7.